The second-order valence-corrected chi connectivity index (χ2v) is 5.31. The second-order valence-electron chi connectivity index (χ2n) is 4.28. The lowest BCUT2D eigenvalue weighted by molar-refractivity contribution is 0.596. The first-order chi connectivity index (χ1) is 9.90. The summed E-state index contributed by atoms with van der Waals surface area (Å²) in [5.74, 6) is 1.52. The van der Waals surface area contributed by atoms with Crippen molar-refractivity contribution in [3.05, 3.63) is 55.1 Å². The first kappa shape index (κ1) is 11.3. The standard InChI is InChI=1S/C15H9N3OS/c1-2-4-14-11(3-1)18-15(20-14)13-6-5-12(19-13)10-7-16-9-17-8-10/h1-9H. The van der Waals surface area contributed by atoms with Crippen molar-refractivity contribution in [2.75, 3.05) is 0 Å². The Morgan fingerprint density at radius 2 is 1.70 bits per heavy atom. The summed E-state index contributed by atoms with van der Waals surface area (Å²) in [5, 5.41) is 0.884. The van der Waals surface area contributed by atoms with E-state index in [0.717, 1.165) is 32.3 Å². The molecule has 5 heteroatoms. The number of hydrogen-bond donors (Lipinski definition) is 0. The Labute approximate surface area is 118 Å². The third-order valence-electron chi connectivity index (χ3n) is 2.96. The van der Waals surface area contributed by atoms with Gasteiger partial charge in [0.2, 0.25) is 0 Å². The first-order valence-electron chi connectivity index (χ1n) is 6.11. The molecule has 1 aromatic carbocycles. The highest BCUT2D eigenvalue weighted by atomic mass is 32.1. The van der Waals surface area contributed by atoms with Gasteiger partial charge in [-0.25, -0.2) is 15.0 Å². The summed E-state index contributed by atoms with van der Waals surface area (Å²) >= 11 is 1.62. The van der Waals surface area contributed by atoms with Gasteiger partial charge in [-0.1, -0.05) is 12.1 Å². The molecule has 20 heavy (non-hydrogen) atoms. The number of nitrogens with zero attached hydrogens (tertiary/aromatic N) is 3. The monoisotopic (exact) mass is 279 g/mol. The normalized spacial score (nSPS) is 11.0. The van der Waals surface area contributed by atoms with Crippen LogP contribution in [0.3, 0.4) is 0 Å². The zero-order valence-electron chi connectivity index (χ0n) is 10.4. The smallest absolute Gasteiger partial charge is 0.163 e. The minimum absolute atomic E-state index is 0.750. The molecule has 0 saturated carbocycles. The topological polar surface area (TPSA) is 51.8 Å². The molecule has 4 aromatic rings. The number of aromatic nitrogens is 3. The van der Waals surface area contributed by atoms with Crippen LogP contribution in [0.2, 0.25) is 0 Å². The third kappa shape index (κ3) is 1.88. The van der Waals surface area contributed by atoms with E-state index in [9.17, 15) is 0 Å². The van der Waals surface area contributed by atoms with Gasteiger partial charge in [0, 0.05) is 12.4 Å². The van der Waals surface area contributed by atoms with Gasteiger partial charge in [-0.3, -0.25) is 0 Å². The fraction of sp³-hybridized carbons (Fsp3) is 0. The molecule has 0 N–H and O–H groups in total. The summed E-state index contributed by atoms with van der Waals surface area (Å²) < 4.78 is 7.01. The average Bonchev–Trinajstić information content (AvgIpc) is 3.14. The largest absolute Gasteiger partial charge is 0.453 e. The third-order valence-corrected chi connectivity index (χ3v) is 4.01. The van der Waals surface area contributed by atoms with Crippen LogP contribution >= 0.6 is 11.3 Å². The van der Waals surface area contributed by atoms with E-state index in [1.165, 1.54) is 6.33 Å². The summed E-state index contributed by atoms with van der Waals surface area (Å²) in [6.07, 6.45) is 4.96. The van der Waals surface area contributed by atoms with E-state index in [1.807, 2.05) is 30.3 Å². The van der Waals surface area contributed by atoms with Crippen LogP contribution in [0, 0.1) is 0 Å². The Kier molecular flexibility index (Phi) is 2.57. The zero-order chi connectivity index (χ0) is 13.4. The van der Waals surface area contributed by atoms with Gasteiger partial charge in [-0.05, 0) is 24.3 Å². The number of furan rings is 1. The van der Waals surface area contributed by atoms with Crippen molar-refractivity contribution in [1.29, 1.82) is 0 Å². The SMILES string of the molecule is c1ccc2sc(-c3ccc(-c4cncnc4)o3)nc2c1. The molecule has 0 aliphatic heterocycles. The molecule has 3 aromatic heterocycles. The molecular weight excluding hydrogens is 270 g/mol. The maximum absolute atomic E-state index is 5.85. The van der Waals surface area contributed by atoms with Crippen LogP contribution in [0.5, 0.6) is 0 Å². The number of hydrogen-bond acceptors (Lipinski definition) is 5. The van der Waals surface area contributed by atoms with Crippen LogP contribution in [-0.2, 0) is 0 Å². The van der Waals surface area contributed by atoms with Crippen molar-refractivity contribution in [3.8, 4) is 22.1 Å². The molecule has 0 spiro atoms. The fourth-order valence-corrected chi connectivity index (χ4v) is 2.94. The Morgan fingerprint density at radius 1 is 0.900 bits per heavy atom. The van der Waals surface area contributed by atoms with Crippen LogP contribution in [0.25, 0.3) is 32.3 Å². The minimum atomic E-state index is 0.750. The Morgan fingerprint density at radius 3 is 2.55 bits per heavy atom. The first-order valence-corrected chi connectivity index (χ1v) is 6.93. The van der Waals surface area contributed by atoms with Crippen molar-refractivity contribution in [1.82, 2.24) is 15.0 Å². The molecule has 4 nitrogen and oxygen atoms in total. The van der Waals surface area contributed by atoms with Crippen LogP contribution in [0.15, 0.2) is 59.5 Å². The Hall–Kier alpha value is -2.53. The van der Waals surface area contributed by atoms with Gasteiger partial charge in [-0.15, -0.1) is 11.3 Å². The maximum atomic E-state index is 5.85. The fourth-order valence-electron chi connectivity index (χ4n) is 2.01. The molecule has 0 fully saturated rings. The average molecular weight is 279 g/mol. The van der Waals surface area contributed by atoms with E-state index in [-0.39, 0.29) is 0 Å². The number of para-hydroxylation sites is 1. The van der Waals surface area contributed by atoms with Crippen molar-refractivity contribution in [2.24, 2.45) is 0 Å². The molecule has 4 rings (SSSR count). The molecule has 0 radical (unpaired) electrons. The summed E-state index contributed by atoms with van der Waals surface area (Å²) in [6.45, 7) is 0. The molecule has 0 bridgehead atoms. The number of thiazole rings is 1. The van der Waals surface area contributed by atoms with Gasteiger partial charge in [0.05, 0.1) is 15.8 Å². The maximum Gasteiger partial charge on any atom is 0.163 e. The van der Waals surface area contributed by atoms with Gasteiger partial charge >= 0.3 is 0 Å². The van der Waals surface area contributed by atoms with E-state index in [1.54, 1.807) is 23.7 Å². The van der Waals surface area contributed by atoms with E-state index in [2.05, 4.69) is 21.0 Å². The number of benzene rings is 1. The molecule has 96 valence electrons. The molecule has 0 unspecified atom stereocenters. The van der Waals surface area contributed by atoms with E-state index < -0.39 is 0 Å². The summed E-state index contributed by atoms with van der Waals surface area (Å²) in [4.78, 5) is 12.6. The van der Waals surface area contributed by atoms with Crippen molar-refractivity contribution < 1.29 is 4.42 Å². The van der Waals surface area contributed by atoms with Gasteiger partial charge in [-0.2, -0.15) is 0 Å². The molecule has 3 heterocycles. The van der Waals surface area contributed by atoms with Crippen LogP contribution < -0.4 is 0 Å². The minimum Gasteiger partial charge on any atom is -0.453 e. The Bertz CT molecular complexity index is 834. The van der Waals surface area contributed by atoms with Gasteiger partial charge < -0.3 is 4.42 Å². The van der Waals surface area contributed by atoms with Crippen LogP contribution in [0.1, 0.15) is 0 Å². The Balaban J connectivity index is 1.78. The lowest BCUT2D eigenvalue weighted by Gasteiger charge is -1.93. The molecule has 0 aliphatic rings. The quantitative estimate of drug-likeness (QED) is 0.556. The molecule has 0 atom stereocenters. The molecule has 0 amide bonds. The lowest BCUT2D eigenvalue weighted by Crippen LogP contribution is -1.78. The lowest BCUT2D eigenvalue weighted by atomic mass is 10.3. The second kappa shape index (κ2) is 4.54. The molecular formula is C15H9N3OS. The number of rotatable bonds is 2. The van der Waals surface area contributed by atoms with Gasteiger partial charge in [0.15, 0.2) is 10.8 Å². The summed E-state index contributed by atoms with van der Waals surface area (Å²) in [6, 6.07) is 11.9. The predicted molar refractivity (Wildman–Crippen MR) is 78.3 cm³/mol. The molecule has 0 saturated heterocycles. The van der Waals surface area contributed by atoms with Crippen molar-refractivity contribution >= 4 is 21.6 Å². The molecule has 0 aliphatic carbocycles. The van der Waals surface area contributed by atoms with E-state index in [0.29, 0.717) is 0 Å². The van der Waals surface area contributed by atoms with Crippen LogP contribution in [-0.4, -0.2) is 15.0 Å². The summed E-state index contributed by atoms with van der Waals surface area (Å²) in [7, 11) is 0. The van der Waals surface area contributed by atoms with Gasteiger partial charge in [0.25, 0.3) is 0 Å². The van der Waals surface area contributed by atoms with Crippen LogP contribution in [0.4, 0.5) is 0 Å². The van der Waals surface area contributed by atoms with Crippen molar-refractivity contribution in [2.45, 2.75) is 0 Å². The predicted octanol–water partition coefficient (Wildman–Crippen LogP) is 4.01. The summed E-state index contributed by atoms with van der Waals surface area (Å²) in [5.41, 5.74) is 1.85. The van der Waals surface area contributed by atoms with Crippen molar-refractivity contribution in [3.63, 3.8) is 0 Å². The number of fused-ring (bicyclic) bond motifs is 1. The van der Waals surface area contributed by atoms with Gasteiger partial charge in [0.1, 0.15) is 12.1 Å². The highest BCUT2D eigenvalue weighted by Gasteiger charge is 2.11. The zero-order valence-corrected chi connectivity index (χ0v) is 11.2. The van der Waals surface area contributed by atoms with E-state index in [4.69, 9.17) is 4.42 Å². The highest BCUT2D eigenvalue weighted by Crippen LogP contribution is 2.33. The van der Waals surface area contributed by atoms with E-state index >= 15 is 0 Å². The highest BCUT2D eigenvalue weighted by molar-refractivity contribution is 7.21.